The number of nitrogens with zero attached hydrogens (tertiary/aromatic N) is 5. The molecule has 0 atom stereocenters. The van der Waals surface area contributed by atoms with Gasteiger partial charge in [0.05, 0.1) is 53.5 Å². The molecular formula is C29H28N6O4S. The summed E-state index contributed by atoms with van der Waals surface area (Å²) in [6, 6.07) is 18.6. The lowest BCUT2D eigenvalue weighted by molar-refractivity contribution is 0.122. The summed E-state index contributed by atoms with van der Waals surface area (Å²) in [6.07, 6.45) is 7.60. The maximum Gasteiger partial charge on any atom is 0.240 e. The van der Waals surface area contributed by atoms with Gasteiger partial charge in [0.25, 0.3) is 0 Å². The number of anilines is 1. The zero-order valence-electron chi connectivity index (χ0n) is 21.6. The summed E-state index contributed by atoms with van der Waals surface area (Å²) in [6.45, 7) is 2.36. The van der Waals surface area contributed by atoms with E-state index in [1.807, 2.05) is 59.1 Å². The summed E-state index contributed by atoms with van der Waals surface area (Å²) in [5.74, 6) is 0.767. The Bertz CT molecular complexity index is 1800. The molecule has 0 aliphatic carbocycles. The number of aliphatic hydroxyl groups is 1. The fourth-order valence-electron chi connectivity index (χ4n) is 4.69. The number of hydrogen-bond acceptors (Lipinski definition) is 8. The second-order valence-corrected chi connectivity index (χ2v) is 11.1. The third-order valence-electron chi connectivity index (χ3n) is 6.71. The molecule has 1 aliphatic heterocycles. The van der Waals surface area contributed by atoms with Gasteiger partial charge in [0.2, 0.25) is 10.0 Å². The molecule has 1 saturated heterocycles. The smallest absolute Gasteiger partial charge is 0.240 e. The molecule has 0 bridgehead atoms. The number of ether oxygens (including phenoxy) is 1. The second kappa shape index (κ2) is 11.1. The van der Waals surface area contributed by atoms with Crippen LogP contribution < -0.4 is 9.62 Å². The number of hydrogen-bond donors (Lipinski definition) is 2. The number of morpholine rings is 1. The van der Waals surface area contributed by atoms with Gasteiger partial charge in [0, 0.05) is 36.8 Å². The van der Waals surface area contributed by atoms with Crippen LogP contribution in [-0.2, 0) is 14.8 Å². The Morgan fingerprint density at radius 2 is 1.73 bits per heavy atom. The quantitative estimate of drug-likeness (QED) is 0.299. The highest BCUT2D eigenvalue weighted by Gasteiger charge is 2.20. The van der Waals surface area contributed by atoms with Crippen molar-refractivity contribution < 1.29 is 18.3 Å². The standard InChI is InChI=1S/C29H28N6O4S/c36-16-13-31-40(37,38)25-11-6-22(7-12-25)27-19-30-28(34-14-17-39-18-15-34)29-33-24(20-35(27)29)10-9-23-8-5-21-3-1-2-4-26(21)32-23/h1-12,19-20,31,36H,13-18H2. The van der Waals surface area contributed by atoms with Gasteiger partial charge in [-0.3, -0.25) is 4.40 Å². The molecule has 0 saturated carbocycles. The van der Waals surface area contributed by atoms with Crippen LogP contribution in [0.1, 0.15) is 11.4 Å². The summed E-state index contributed by atoms with van der Waals surface area (Å²) in [7, 11) is -3.71. The van der Waals surface area contributed by atoms with Crippen molar-refractivity contribution in [3.8, 4) is 11.3 Å². The number of imidazole rings is 1. The highest BCUT2D eigenvalue weighted by Crippen LogP contribution is 2.28. The maximum atomic E-state index is 12.5. The first kappa shape index (κ1) is 26.1. The normalized spacial score (nSPS) is 14.5. The van der Waals surface area contributed by atoms with Gasteiger partial charge in [0.15, 0.2) is 11.5 Å². The van der Waals surface area contributed by atoms with Gasteiger partial charge in [0.1, 0.15) is 0 Å². The highest BCUT2D eigenvalue weighted by molar-refractivity contribution is 7.89. The van der Waals surface area contributed by atoms with E-state index in [-0.39, 0.29) is 18.0 Å². The van der Waals surface area contributed by atoms with Crippen molar-refractivity contribution in [1.82, 2.24) is 24.1 Å². The largest absolute Gasteiger partial charge is 0.395 e. The SMILES string of the molecule is O=S(=O)(NCCO)c1ccc(-c2cnc(N3CCOCC3)c3nc(C=Cc4ccc5ccccc5n4)cn23)cc1. The minimum atomic E-state index is -3.71. The highest BCUT2D eigenvalue weighted by atomic mass is 32.2. The lowest BCUT2D eigenvalue weighted by Gasteiger charge is -2.28. The number of nitrogens with one attached hydrogen (secondary N) is 1. The van der Waals surface area contributed by atoms with Crippen LogP contribution in [0, 0.1) is 0 Å². The van der Waals surface area contributed by atoms with E-state index in [9.17, 15) is 8.42 Å². The van der Waals surface area contributed by atoms with Crippen LogP contribution in [0.5, 0.6) is 0 Å². The minimum Gasteiger partial charge on any atom is -0.395 e. The van der Waals surface area contributed by atoms with Crippen LogP contribution in [0.4, 0.5) is 5.82 Å². The van der Waals surface area contributed by atoms with Gasteiger partial charge in [-0.05, 0) is 36.4 Å². The van der Waals surface area contributed by atoms with Crippen molar-refractivity contribution in [1.29, 1.82) is 0 Å². The first-order valence-electron chi connectivity index (χ1n) is 13.0. The van der Waals surface area contributed by atoms with Crippen molar-refractivity contribution in [2.24, 2.45) is 0 Å². The number of benzene rings is 2. The van der Waals surface area contributed by atoms with Crippen LogP contribution in [0.3, 0.4) is 0 Å². The second-order valence-electron chi connectivity index (χ2n) is 9.33. The summed E-state index contributed by atoms with van der Waals surface area (Å²) in [5.41, 5.74) is 4.76. The molecule has 11 heteroatoms. The first-order chi connectivity index (χ1) is 19.5. The predicted octanol–water partition coefficient (Wildman–Crippen LogP) is 3.22. The summed E-state index contributed by atoms with van der Waals surface area (Å²) >= 11 is 0. The van der Waals surface area contributed by atoms with Crippen LogP contribution in [0.15, 0.2) is 78.0 Å². The predicted molar refractivity (Wildman–Crippen MR) is 154 cm³/mol. The lowest BCUT2D eigenvalue weighted by atomic mass is 10.1. The Morgan fingerprint density at radius 3 is 2.52 bits per heavy atom. The molecule has 2 aromatic carbocycles. The third-order valence-corrected chi connectivity index (χ3v) is 8.19. The average molecular weight is 557 g/mol. The van der Waals surface area contributed by atoms with E-state index in [4.69, 9.17) is 24.8 Å². The number of para-hydroxylation sites is 1. The van der Waals surface area contributed by atoms with Crippen LogP contribution in [0.25, 0.3) is 40.0 Å². The fourth-order valence-corrected chi connectivity index (χ4v) is 5.71. The average Bonchev–Trinajstić information content (AvgIpc) is 3.43. The molecule has 0 radical (unpaired) electrons. The van der Waals surface area contributed by atoms with Crippen LogP contribution in [-0.4, -0.2) is 72.3 Å². The molecule has 1 fully saturated rings. The van der Waals surface area contributed by atoms with Gasteiger partial charge >= 0.3 is 0 Å². The summed E-state index contributed by atoms with van der Waals surface area (Å²) in [4.78, 5) is 16.7. The van der Waals surface area contributed by atoms with Gasteiger partial charge in [-0.1, -0.05) is 36.4 Å². The Hall–Kier alpha value is -4.16. The number of fused-ring (bicyclic) bond motifs is 2. The van der Waals surface area contributed by atoms with Crippen molar-refractivity contribution in [2.75, 3.05) is 44.4 Å². The summed E-state index contributed by atoms with van der Waals surface area (Å²) in [5, 5.41) is 10.1. The van der Waals surface area contributed by atoms with Crippen LogP contribution in [0.2, 0.25) is 0 Å². The lowest BCUT2D eigenvalue weighted by Crippen LogP contribution is -2.37. The number of aliphatic hydroxyl groups excluding tert-OH is 1. The first-order valence-corrected chi connectivity index (χ1v) is 14.5. The molecule has 204 valence electrons. The fraction of sp³-hybridized carbons (Fsp3) is 0.207. The molecule has 0 unspecified atom stereocenters. The van der Waals surface area contributed by atoms with E-state index in [0.717, 1.165) is 39.4 Å². The molecule has 2 N–H and O–H groups in total. The number of pyridine rings is 1. The van der Waals surface area contributed by atoms with E-state index >= 15 is 0 Å². The minimum absolute atomic E-state index is 0.0440. The summed E-state index contributed by atoms with van der Waals surface area (Å²) < 4.78 is 34.8. The van der Waals surface area contributed by atoms with E-state index < -0.39 is 10.0 Å². The molecule has 3 aromatic heterocycles. The van der Waals surface area contributed by atoms with Gasteiger partial charge in [-0.2, -0.15) is 0 Å². The Kier molecular flexibility index (Phi) is 7.27. The number of rotatable bonds is 8. The Balaban J connectivity index is 1.38. The van der Waals surface area contributed by atoms with E-state index in [0.29, 0.717) is 32.0 Å². The van der Waals surface area contributed by atoms with Crippen molar-refractivity contribution in [3.63, 3.8) is 0 Å². The van der Waals surface area contributed by atoms with Crippen molar-refractivity contribution in [3.05, 3.63) is 84.4 Å². The topological polar surface area (TPSA) is 122 Å². The van der Waals surface area contributed by atoms with Gasteiger partial charge in [-0.25, -0.2) is 28.1 Å². The molecule has 4 heterocycles. The number of sulfonamides is 1. The van der Waals surface area contributed by atoms with Crippen molar-refractivity contribution in [2.45, 2.75) is 4.90 Å². The molecule has 0 amide bonds. The van der Waals surface area contributed by atoms with E-state index in [2.05, 4.69) is 9.62 Å². The zero-order valence-corrected chi connectivity index (χ0v) is 22.5. The zero-order chi connectivity index (χ0) is 27.5. The van der Waals surface area contributed by atoms with Crippen LogP contribution >= 0.6 is 0 Å². The van der Waals surface area contributed by atoms with Gasteiger partial charge in [-0.15, -0.1) is 0 Å². The third kappa shape index (κ3) is 5.32. The van der Waals surface area contributed by atoms with E-state index in [1.54, 1.807) is 30.5 Å². The molecule has 40 heavy (non-hydrogen) atoms. The Morgan fingerprint density at radius 1 is 0.950 bits per heavy atom. The van der Waals surface area contributed by atoms with E-state index in [1.165, 1.54) is 0 Å². The number of aromatic nitrogens is 4. The van der Waals surface area contributed by atoms with Crippen molar-refractivity contribution >= 4 is 44.5 Å². The monoisotopic (exact) mass is 556 g/mol. The molecule has 1 aliphatic rings. The molecule has 0 spiro atoms. The molecule has 6 rings (SSSR count). The molecule has 5 aromatic rings. The maximum absolute atomic E-state index is 12.5. The van der Waals surface area contributed by atoms with Gasteiger partial charge < -0.3 is 14.7 Å². The molecule has 10 nitrogen and oxygen atoms in total. The Labute approximate surface area is 231 Å². The molecular weight excluding hydrogens is 528 g/mol.